The lowest BCUT2D eigenvalue weighted by atomic mass is 10.0. The number of rotatable bonds is 11. The summed E-state index contributed by atoms with van der Waals surface area (Å²) in [5.74, 6) is -0.977. The average molecular weight is 613 g/mol. The van der Waals surface area contributed by atoms with E-state index in [4.69, 9.17) is 9.29 Å². The second kappa shape index (κ2) is 14.0. The number of phenolic OH excluding ortho intramolecular Hbond substituents is 1. The average Bonchev–Trinajstić information content (AvgIpc) is 2.92. The molecular weight excluding hydrogens is 576 g/mol. The van der Waals surface area contributed by atoms with Crippen molar-refractivity contribution < 1.29 is 37.2 Å². The molecule has 0 spiro atoms. The van der Waals surface area contributed by atoms with Crippen LogP contribution in [0, 0.1) is 0 Å². The van der Waals surface area contributed by atoms with Gasteiger partial charge in [0, 0.05) is 31.3 Å². The van der Waals surface area contributed by atoms with Crippen molar-refractivity contribution in [3.8, 4) is 5.75 Å². The summed E-state index contributed by atoms with van der Waals surface area (Å²) >= 11 is 0. The summed E-state index contributed by atoms with van der Waals surface area (Å²) in [7, 11) is -2.84. The van der Waals surface area contributed by atoms with Crippen LogP contribution in [0.3, 0.4) is 0 Å². The Morgan fingerprint density at radius 1 is 0.767 bits per heavy atom. The molecule has 0 saturated carbocycles. The number of anilines is 2. The molecule has 12 nitrogen and oxygen atoms in total. The standard InChI is InChI=1S/C30H36N4O8S/c1-30(2,3)42-29(38)34-26(18-20-7-13-23(35)14-8-20)28(37)33-25(27(36)31-4)17-19-5-9-21(10-6-19)32-22-11-15-24(16-12-22)43(39,40)41/h5-16,25-26,32,35H,17-18H2,1-4H3,(H,31,36)(H,33,37)(H,34,38)(H,39,40,41). The number of amides is 3. The van der Waals surface area contributed by atoms with E-state index in [2.05, 4.69) is 21.3 Å². The zero-order valence-electron chi connectivity index (χ0n) is 24.2. The molecule has 0 fully saturated rings. The molecular formula is C30H36N4O8S. The van der Waals surface area contributed by atoms with E-state index in [9.17, 15) is 27.9 Å². The molecule has 0 aliphatic heterocycles. The van der Waals surface area contributed by atoms with E-state index in [0.29, 0.717) is 16.9 Å². The van der Waals surface area contributed by atoms with Gasteiger partial charge in [-0.25, -0.2) is 4.79 Å². The minimum Gasteiger partial charge on any atom is -0.508 e. The first-order chi connectivity index (χ1) is 20.1. The molecule has 2 unspecified atom stereocenters. The van der Waals surface area contributed by atoms with Crippen molar-refractivity contribution in [1.82, 2.24) is 16.0 Å². The Kier molecular flexibility index (Phi) is 10.7. The van der Waals surface area contributed by atoms with E-state index in [-0.39, 0.29) is 23.5 Å². The van der Waals surface area contributed by atoms with Gasteiger partial charge in [-0.15, -0.1) is 0 Å². The maximum absolute atomic E-state index is 13.4. The van der Waals surface area contributed by atoms with Gasteiger partial charge in [-0.3, -0.25) is 14.1 Å². The molecule has 3 rings (SSSR count). The van der Waals surface area contributed by atoms with Crippen LogP contribution in [-0.4, -0.2) is 60.7 Å². The molecule has 3 aromatic rings. The Morgan fingerprint density at radius 3 is 1.70 bits per heavy atom. The molecule has 0 bridgehead atoms. The predicted molar refractivity (Wildman–Crippen MR) is 161 cm³/mol. The largest absolute Gasteiger partial charge is 0.508 e. The highest BCUT2D eigenvalue weighted by Gasteiger charge is 2.28. The third-order valence-electron chi connectivity index (χ3n) is 6.10. The molecule has 43 heavy (non-hydrogen) atoms. The van der Waals surface area contributed by atoms with E-state index in [1.165, 1.54) is 43.4 Å². The summed E-state index contributed by atoms with van der Waals surface area (Å²) in [6.45, 7) is 5.09. The molecule has 230 valence electrons. The highest BCUT2D eigenvalue weighted by Crippen LogP contribution is 2.20. The van der Waals surface area contributed by atoms with E-state index < -0.39 is 45.7 Å². The Hall–Kier alpha value is -4.62. The molecule has 13 heteroatoms. The van der Waals surface area contributed by atoms with Crippen LogP contribution in [0.15, 0.2) is 77.7 Å². The fourth-order valence-corrected chi connectivity index (χ4v) is 4.50. The highest BCUT2D eigenvalue weighted by atomic mass is 32.2. The second-order valence-corrected chi connectivity index (χ2v) is 12.2. The molecule has 3 aromatic carbocycles. The Bertz CT molecular complexity index is 1520. The first-order valence-electron chi connectivity index (χ1n) is 13.4. The van der Waals surface area contributed by atoms with E-state index in [0.717, 1.165) is 5.56 Å². The smallest absolute Gasteiger partial charge is 0.408 e. The van der Waals surface area contributed by atoms with Crippen molar-refractivity contribution in [2.45, 2.75) is 56.2 Å². The quantitative estimate of drug-likeness (QED) is 0.177. The number of ether oxygens (including phenoxy) is 1. The van der Waals surface area contributed by atoms with Crippen LogP contribution in [0.4, 0.5) is 16.2 Å². The monoisotopic (exact) mass is 612 g/mol. The summed E-state index contributed by atoms with van der Waals surface area (Å²) in [5.41, 5.74) is 1.88. The number of carbonyl (C=O) groups excluding carboxylic acids is 3. The van der Waals surface area contributed by atoms with E-state index in [1.54, 1.807) is 57.2 Å². The van der Waals surface area contributed by atoms with Gasteiger partial charge in [-0.05, 0) is 80.4 Å². The van der Waals surface area contributed by atoms with Crippen LogP contribution in [0.2, 0.25) is 0 Å². The van der Waals surface area contributed by atoms with Crippen molar-refractivity contribution >= 4 is 39.4 Å². The number of likely N-dealkylation sites (N-methyl/N-ethyl adjacent to an activating group) is 1. The molecule has 0 heterocycles. The maximum atomic E-state index is 13.4. The lowest BCUT2D eigenvalue weighted by molar-refractivity contribution is -0.129. The fraction of sp³-hybridized carbons (Fsp3) is 0.300. The van der Waals surface area contributed by atoms with Crippen molar-refractivity contribution in [3.63, 3.8) is 0 Å². The molecule has 2 atom stereocenters. The number of alkyl carbamates (subject to hydrolysis) is 1. The number of carbonyl (C=O) groups is 3. The minimum absolute atomic E-state index is 0.0563. The van der Waals surface area contributed by atoms with Crippen molar-refractivity contribution in [3.05, 3.63) is 83.9 Å². The SMILES string of the molecule is CNC(=O)C(Cc1ccc(Nc2ccc(S(=O)(=O)O)cc2)cc1)NC(=O)C(Cc1ccc(O)cc1)NC(=O)OC(C)(C)C. The molecule has 3 amide bonds. The summed E-state index contributed by atoms with van der Waals surface area (Å²) in [4.78, 5) is 38.5. The number of hydrogen-bond donors (Lipinski definition) is 6. The number of benzene rings is 3. The van der Waals surface area contributed by atoms with Gasteiger partial charge in [-0.2, -0.15) is 8.42 Å². The zero-order valence-corrected chi connectivity index (χ0v) is 25.1. The topological polar surface area (TPSA) is 183 Å². The molecule has 6 N–H and O–H groups in total. The van der Waals surface area contributed by atoms with Crippen LogP contribution in [0.25, 0.3) is 0 Å². The predicted octanol–water partition coefficient (Wildman–Crippen LogP) is 3.29. The van der Waals surface area contributed by atoms with Crippen molar-refractivity contribution in [2.24, 2.45) is 0 Å². The first kappa shape index (κ1) is 32.9. The number of phenols is 1. The zero-order chi connectivity index (χ0) is 31.8. The first-order valence-corrected chi connectivity index (χ1v) is 14.8. The second-order valence-electron chi connectivity index (χ2n) is 10.8. The normalized spacial score (nSPS) is 12.9. The van der Waals surface area contributed by atoms with Crippen molar-refractivity contribution in [2.75, 3.05) is 12.4 Å². The molecule has 0 radical (unpaired) electrons. The number of aromatic hydroxyl groups is 1. The fourth-order valence-electron chi connectivity index (χ4n) is 4.02. The maximum Gasteiger partial charge on any atom is 0.408 e. The minimum atomic E-state index is -4.29. The Morgan fingerprint density at radius 2 is 1.23 bits per heavy atom. The molecule has 0 aromatic heterocycles. The summed E-state index contributed by atoms with van der Waals surface area (Å²) in [6.07, 6.45) is -0.566. The molecule has 0 aliphatic carbocycles. The van der Waals surface area contributed by atoms with Crippen LogP contribution in [-0.2, 0) is 37.3 Å². The van der Waals surface area contributed by atoms with Gasteiger partial charge in [0.05, 0.1) is 4.90 Å². The van der Waals surface area contributed by atoms with Gasteiger partial charge < -0.3 is 31.1 Å². The van der Waals surface area contributed by atoms with Gasteiger partial charge >= 0.3 is 6.09 Å². The highest BCUT2D eigenvalue weighted by molar-refractivity contribution is 7.85. The lowest BCUT2D eigenvalue weighted by Crippen LogP contribution is -2.55. The van der Waals surface area contributed by atoms with Crippen LogP contribution in [0.5, 0.6) is 5.75 Å². The van der Waals surface area contributed by atoms with Gasteiger partial charge in [0.1, 0.15) is 23.4 Å². The lowest BCUT2D eigenvalue weighted by Gasteiger charge is -2.25. The summed E-state index contributed by atoms with van der Waals surface area (Å²) in [6, 6.07) is 16.8. The third-order valence-corrected chi connectivity index (χ3v) is 6.97. The summed E-state index contributed by atoms with van der Waals surface area (Å²) in [5, 5.41) is 20.6. The van der Waals surface area contributed by atoms with Gasteiger partial charge in [0.25, 0.3) is 10.1 Å². The van der Waals surface area contributed by atoms with E-state index in [1.807, 2.05) is 0 Å². The van der Waals surface area contributed by atoms with Gasteiger partial charge in [-0.1, -0.05) is 24.3 Å². The Balaban J connectivity index is 1.72. The van der Waals surface area contributed by atoms with E-state index >= 15 is 0 Å². The number of nitrogens with one attached hydrogen (secondary N) is 4. The van der Waals surface area contributed by atoms with Crippen molar-refractivity contribution in [1.29, 1.82) is 0 Å². The molecule has 0 aliphatic rings. The third kappa shape index (κ3) is 10.6. The van der Waals surface area contributed by atoms with Gasteiger partial charge in [0.15, 0.2) is 0 Å². The van der Waals surface area contributed by atoms with Crippen LogP contribution >= 0.6 is 0 Å². The summed E-state index contributed by atoms with van der Waals surface area (Å²) < 4.78 is 36.9. The van der Waals surface area contributed by atoms with Crippen LogP contribution < -0.4 is 21.3 Å². The van der Waals surface area contributed by atoms with Crippen LogP contribution in [0.1, 0.15) is 31.9 Å². The molecule has 0 saturated heterocycles. The van der Waals surface area contributed by atoms with Gasteiger partial charge in [0.2, 0.25) is 11.8 Å². The number of hydrogen-bond acceptors (Lipinski definition) is 8. The Labute approximate surface area is 250 Å².